The molecule has 0 radical (unpaired) electrons. The number of carbonyl (C=O) groups excluding carboxylic acids is 2. The van der Waals surface area contributed by atoms with Gasteiger partial charge in [0.1, 0.15) is 5.60 Å². The lowest BCUT2D eigenvalue weighted by Crippen LogP contribution is -2.37. The van der Waals surface area contributed by atoms with Crippen LogP contribution in [0.25, 0.3) is 0 Å². The molecular weight excluding hydrogens is 533 g/mol. The third kappa shape index (κ3) is 11.0. The molecule has 31 heavy (non-hydrogen) atoms. The summed E-state index contributed by atoms with van der Waals surface area (Å²) in [4.78, 5) is 24.8. The molecule has 1 unspecified atom stereocenters. The maximum Gasteiger partial charge on any atom is 0.311 e. The summed E-state index contributed by atoms with van der Waals surface area (Å²) < 4.78 is 11.8. The number of carbonyl (C=O) groups is 2. The van der Waals surface area contributed by atoms with Crippen LogP contribution in [0.5, 0.6) is 11.5 Å². The van der Waals surface area contributed by atoms with Gasteiger partial charge in [0.2, 0.25) is 0 Å². The van der Waals surface area contributed by atoms with Crippen molar-refractivity contribution in [3.05, 3.63) is 23.8 Å². The van der Waals surface area contributed by atoms with Gasteiger partial charge < -0.3 is 19.9 Å². The van der Waals surface area contributed by atoms with Crippen LogP contribution in [0, 0.1) is 10.8 Å². The van der Waals surface area contributed by atoms with Gasteiger partial charge in [0.15, 0.2) is 11.5 Å². The van der Waals surface area contributed by atoms with E-state index in [-0.39, 0.29) is 47.6 Å². The molecule has 0 bridgehead atoms. The highest BCUT2D eigenvalue weighted by Gasteiger charge is 2.29. The predicted molar refractivity (Wildman–Crippen MR) is 134 cm³/mol. The molecule has 1 atom stereocenters. The molecule has 0 fully saturated rings. The molecular formula is C23H37ClINO5. The Morgan fingerprint density at radius 1 is 0.968 bits per heavy atom. The van der Waals surface area contributed by atoms with E-state index in [1.165, 1.54) is 0 Å². The average molecular weight is 570 g/mol. The average Bonchev–Trinajstić information content (AvgIpc) is 2.57. The fourth-order valence-corrected chi connectivity index (χ4v) is 3.10. The van der Waals surface area contributed by atoms with Crippen molar-refractivity contribution in [2.45, 2.75) is 73.3 Å². The molecule has 0 spiro atoms. The van der Waals surface area contributed by atoms with Crippen molar-refractivity contribution < 1.29 is 24.2 Å². The van der Waals surface area contributed by atoms with Gasteiger partial charge in [-0.3, -0.25) is 9.59 Å². The summed E-state index contributed by atoms with van der Waals surface area (Å²) in [6.45, 7) is 13.9. The number of hydrogen-bond donors (Lipinski definition) is 2. The zero-order valence-corrected chi connectivity index (χ0v) is 22.6. The van der Waals surface area contributed by atoms with Gasteiger partial charge in [0, 0.05) is 11.1 Å². The van der Waals surface area contributed by atoms with Crippen molar-refractivity contribution in [2.24, 2.45) is 10.8 Å². The first-order valence-electron chi connectivity index (χ1n) is 10.2. The Morgan fingerprint density at radius 2 is 1.45 bits per heavy atom. The van der Waals surface area contributed by atoms with Crippen LogP contribution in [-0.2, 0) is 15.2 Å². The van der Waals surface area contributed by atoms with Crippen molar-refractivity contribution >= 4 is 46.9 Å². The van der Waals surface area contributed by atoms with Crippen LogP contribution >= 0.6 is 35.0 Å². The molecule has 8 heteroatoms. The smallest absolute Gasteiger partial charge is 0.311 e. The Labute approximate surface area is 206 Å². The van der Waals surface area contributed by atoms with E-state index in [0.29, 0.717) is 23.1 Å². The first kappa shape index (κ1) is 30.1. The Balaban J connectivity index is 0.00000900. The van der Waals surface area contributed by atoms with E-state index >= 15 is 0 Å². The SMILES string of the molecule is CCC(O)(CNCI)c1ccc(OC(=O)CC(C)(C)C)c(OC(=O)CC(C)(C)C)c1.Cl. The highest BCUT2D eigenvalue weighted by molar-refractivity contribution is 14.1. The van der Waals surface area contributed by atoms with Crippen molar-refractivity contribution in [2.75, 3.05) is 11.1 Å². The van der Waals surface area contributed by atoms with Crippen LogP contribution in [-0.4, -0.2) is 28.1 Å². The summed E-state index contributed by atoms with van der Waals surface area (Å²) >= 11 is 2.18. The lowest BCUT2D eigenvalue weighted by molar-refractivity contribution is -0.139. The van der Waals surface area contributed by atoms with Crippen molar-refractivity contribution in [1.82, 2.24) is 5.32 Å². The van der Waals surface area contributed by atoms with E-state index in [4.69, 9.17) is 9.47 Å². The van der Waals surface area contributed by atoms with Crippen LogP contribution < -0.4 is 14.8 Å². The summed E-state index contributed by atoms with van der Waals surface area (Å²) in [5.74, 6) is -0.500. The van der Waals surface area contributed by atoms with E-state index in [0.717, 1.165) is 0 Å². The Morgan fingerprint density at radius 3 is 1.87 bits per heavy atom. The van der Waals surface area contributed by atoms with Gasteiger partial charge in [-0.05, 0) is 34.9 Å². The van der Waals surface area contributed by atoms with E-state index in [2.05, 4.69) is 27.9 Å². The van der Waals surface area contributed by atoms with Gasteiger partial charge in [0.05, 0.1) is 12.8 Å². The fraction of sp³-hybridized carbons (Fsp3) is 0.652. The second kappa shape index (κ2) is 12.4. The molecule has 0 aromatic heterocycles. The van der Waals surface area contributed by atoms with Crippen LogP contribution in [0.3, 0.4) is 0 Å². The number of nitrogens with one attached hydrogen (secondary N) is 1. The van der Waals surface area contributed by atoms with E-state index in [1.54, 1.807) is 18.2 Å². The molecule has 178 valence electrons. The van der Waals surface area contributed by atoms with E-state index in [1.807, 2.05) is 48.5 Å². The summed E-state index contributed by atoms with van der Waals surface area (Å²) in [6.07, 6.45) is 0.902. The summed E-state index contributed by atoms with van der Waals surface area (Å²) in [5.41, 5.74) is -1.01. The number of ether oxygens (including phenoxy) is 2. The Bertz CT molecular complexity index is 742. The Kier molecular flexibility index (Phi) is 12.0. The first-order valence-corrected chi connectivity index (χ1v) is 11.8. The number of aliphatic hydroxyl groups is 1. The number of hydrogen-bond acceptors (Lipinski definition) is 6. The molecule has 0 amide bonds. The fourth-order valence-electron chi connectivity index (χ4n) is 2.83. The third-order valence-corrected chi connectivity index (χ3v) is 4.91. The monoisotopic (exact) mass is 569 g/mol. The van der Waals surface area contributed by atoms with Gasteiger partial charge in [-0.25, -0.2) is 0 Å². The van der Waals surface area contributed by atoms with Crippen molar-refractivity contribution in [3.8, 4) is 11.5 Å². The highest BCUT2D eigenvalue weighted by Crippen LogP contribution is 2.35. The highest BCUT2D eigenvalue weighted by atomic mass is 127. The number of halogens is 2. The number of rotatable bonds is 9. The second-order valence-electron chi connectivity index (χ2n) is 10.0. The van der Waals surface area contributed by atoms with Gasteiger partial charge in [-0.1, -0.05) is 77.1 Å². The van der Waals surface area contributed by atoms with Crippen LogP contribution in [0.1, 0.15) is 73.3 Å². The first-order chi connectivity index (χ1) is 13.7. The predicted octanol–water partition coefficient (Wildman–Crippen LogP) is 5.37. The minimum absolute atomic E-state index is 0. The molecule has 6 nitrogen and oxygen atoms in total. The molecule has 1 aromatic rings. The minimum Gasteiger partial charge on any atom is -0.423 e. The van der Waals surface area contributed by atoms with Crippen molar-refractivity contribution in [3.63, 3.8) is 0 Å². The van der Waals surface area contributed by atoms with Crippen LogP contribution in [0.2, 0.25) is 0 Å². The summed E-state index contributed by atoms with van der Waals surface area (Å²) in [5, 5.41) is 14.2. The van der Waals surface area contributed by atoms with Gasteiger partial charge in [-0.2, -0.15) is 0 Å². The maximum atomic E-state index is 12.5. The molecule has 2 N–H and O–H groups in total. The van der Waals surface area contributed by atoms with Crippen molar-refractivity contribution in [1.29, 1.82) is 0 Å². The van der Waals surface area contributed by atoms with Gasteiger partial charge in [-0.15, -0.1) is 12.4 Å². The number of benzene rings is 1. The molecule has 1 rings (SSSR count). The maximum absolute atomic E-state index is 12.5. The largest absolute Gasteiger partial charge is 0.423 e. The van der Waals surface area contributed by atoms with Gasteiger partial charge in [0.25, 0.3) is 0 Å². The molecule has 1 aromatic carbocycles. The standard InChI is InChI=1S/C23H36INO5.ClH/c1-8-23(28,14-25-15-24)16-9-10-17(29-19(26)12-21(2,3)4)18(11-16)30-20(27)13-22(5,6)7;/h9-11,25,28H,8,12-15H2,1-7H3;1H. The summed E-state index contributed by atoms with van der Waals surface area (Å²) in [7, 11) is 0. The molecule has 0 saturated carbocycles. The zero-order chi connectivity index (χ0) is 23.2. The van der Waals surface area contributed by atoms with Gasteiger partial charge >= 0.3 is 11.9 Å². The normalized spacial score (nSPS) is 13.7. The molecule has 0 heterocycles. The Hall–Kier alpha value is -0.900. The van der Waals surface area contributed by atoms with E-state index in [9.17, 15) is 14.7 Å². The quantitative estimate of drug-likeness (QED) is 0.137. The minimum atomic E-state index is -1.13. The molecule has 0 aliphatic rings. The molecule has 0 aliphatic carbocycles. The second-order valence-corrected chi connectivity index (χ2v) is 10.8. The molecule has 0 aliphatic heterocycles. The zero-order valence-electron chi connectivity index (χ0n) is 19.6. The van der Waals surface area contributed by atoms with Crippen LogP contribution in [0.4, 0.5) is 0 Å². The summed E-state index contributed by atoms with van der Waals surface area (Å²) in [6, 6.07) is 4.89. The lowest BCUT2D eigenvalue weighted by Gasteiger charge is -2.28. The topological polar surface area (TPSA) is 84.9 Å². The van der Waals surface area contributed by atoms with E-state index < -0.39 is 17.5 Å². The molecule has 0 saturated heterocycles. The lowest BCUT2D eigenvalue weighted by atomic mass is 9.90. The number of alkyl halides is 1. The number of esters is 2. The van der Waals surface area contributed by atoms with Crippen LogP contribution in [0.15, 0.2) is 18.2 Å². The third-order valence-electron chi connectivity index (χ3n) is 4.37.